The van der Waals surface area contributed by atoms with E-state index in [1.54, 1.807) is 24.1 Å². The molecular formula is C53H62N6O7. The quantitative estimate of drug-likeness (QED) is 0.0435. The lowest BCUT2D eigenvalue weighted by Gasteiger charge is -2.31. The van der Waals surface area contributed by atoms with Crippen LogP contribution in [0, 0.1) is 0 Å². The van der Waals surface area contributed by atoms with Gasteiger partial charge < -0.3 is 45.7 Å². The summed E-state index contributed by atoms with van der Waals surface area (Å²) < 4.78 is 5.62. The summed E-state index contributed by atoms with van der Waals surface area (Å²) in [5, 5.41) is 30.9. The minimum atomic E-state index is -0.844. The molecule has 4 aromatic carbocycles. The standard InChI is InChI=1S/C53H62N6O7/c1-37(42-14-7-4-8-15-42)11-6-5-9-28-55-53(65)66-44-25-30-59(31-26-44)32-27-51(64)58(3)43-18-16-40(17-19-43)35-50(63)54-29-24-39-12-10-13-41(34-39)33-38(2)56-36-48(61)45-20-22-47(60)52-46(45)21-23-49(62)57-52/h4-23,34,38,44,48,56,60-61H,1,24-33,35-36H2,2-3H3,(H,54,63)(H,55,65)(H,57,62)/b9-5-,11-6-/t38-,48-/m0/s1. The number of allylic oxidation sites excluding steroid dienone is 4. The Morgan fingerprint density at radius 2 is 1.68 bits per heavy atom. The lowest BCUT2D eigenvalue weighted by molar-refractivity contribution is -0.120. The van der Waals surface area contributed by atoms with Crippen molar-refractivity contribution < 1.29 is 29.3 Å². The Morgan fingerprint density at radius 3 is 2.45 bits per heavy atom. The van der Waals surface area contributed by atoms with Gasteiger partial charge in [-0.15, -0.1) is 0 Å². The molecule has 1 saturated heterocycles. The van der Waals surface area contributed by atoms with Crippen LogP contribution in [0.2, 0.25) is 0 Å². The van der Waals surface area contributed by atoms with Gasteiger partial charge in [-0.2, -0.15) is 0 Å². The molecule has 0 saturated carbocycles. The Kier molecular flexibility index (Phi) is 18.0. The van der Waals surface area contributed by atoms with Crippen LogP contribution in [-0.2, 0) is 33.6 Å². The first kappa shape index (κ1) is 48.7. The van der Waals surface area contributed by atoms with Crippen LogP contribution >= 0.6 is 0 Å². The monoisotopic (exact) mass is 894 g/mol. The van der Waals surface area contributed by atoms with Crippen molar-refractivity contribution >= 4 is 40.1 Å². The summed E-state index contributed by atoms with van der Waals surface area (Å²) >= 11 is 0. The van der Waals surface area contributed by atoms with Crippen molar-refractivity contribution in [3.63, 3.8) is 0 Å². The number of benzene rings is 4. The first-order chi connectivity index (χ1) is 31.9. The number of nitrogens with one attached hydrogen (secondary N) is 4. The molecule has 3 amide bonds. The zero-order valence-corrected chi connectivity index (χ0v) is 37.9. The number of amides is 3. The Balaban J connectivity index is 0.828. The van der Waals surface area contributed by atoms with E-state index in [1.165, 1.54) is 12.1 Å². The smallest absolute Gasteiger partial charge is 0.407 e. The average molecular weight is 895 g/mol. The number of hydrogen-bond acceptors (Lipinski definition) is 9. The number of rotatable bonds is 21. The molecule has 2 heterocycles. The van der Waals surface area contributed by atoms with Crippen LogP contribution in [0.1, 0.15) is 60.1 Å². The van der Waals surface area contributed by atoms with E-state index in [-0.39, 0.29) is 41.7 Å². The van der Waals surface area contributed by atoms with Crippen LogP contribution in [0.25, 0.3) is 16.5 Å². The first-order valence-electron chi connectivity index (χ1n) is 22.6. The van der Waals surface area contributed by atoms with Gasteiger partial charge in [-0.3, -0.25) is 14.4 Å². The maximum atomic E-state index is 13.1. The number of aliphatic hydroxyl groups is 1. The highest BCUT2D eigenvalue weighted by Gasteiger charge is 2.23. The van der Waals surface area contributed by atoms with Crippen molar-refractivity contribution in [3.05, 3.63) is 172 Å². The van der Waals surface area contributed by atoms with E-state index in [4.69, 9.17) is 4.74 Å². The number of alkyl carbamates (subject to hydrolysis) is 1. The summed E-state index contributed by atoms with van der Waals surface area (Å²) in [5.74, 6) is -0.126. The molecule has 346 valence electrons. The molecule has 1 fully saturated rings. The van der Waals surface area contributed by atoms with Gasteiger partial charge in [0.25, 0.3) is 0 Å². The second-order valence-corrected chi connectivity index (χ2v) is 16.8. The molecule has 13 heteroatoms. The number of fused-ring (bicyclic) bond motifs is 1. The number of pyridine rings is 1. The number of phenols is 1. The number of nitrogens with zero attached hydrogens (tertiary/aromatic N) is 2. The molecule has 0 aliphatic carbocycles. The minimum absolute atomic E-state index is 0.000977. The largest absolute Gasteiger partial charge is 0.506 e. The fourth-order valence-corrected chi connectivity index (χ4v) is 7.96. The van der Waals surface area contributed by atoms with Crippen molar-refractivity contribution in [1.29, 1.82) is 0 Å². The maximum Gasteiger partial charge on any atom is 0.407 e. The van der Waals surface area contributed by atoms with Crippen LogP contribution in [0.15, 0.2) is 139 Å². The molecule has 6 rings (SSSR count). The Bertz CT molecular complexity index is 2530. The number of aromatic amines is 1. The molecule has 1 aliphatic rings. The average Bonchev–Trinajstić information content (AvgIpc) is 3.32. The third-order valence-electron chi connectivity index (χ3n) is 11.8. The molecule has 6 N–H and O–H groups in total. The second kappa shape index (κ2) is 24.5. The zero-order valence-electron chi connectivity index (χ0n) is 37.9. The third kappa shape index (κ3) is 14.9. The van der Waals surface area contributed by atoms with Gasteiger partial charge in [0.2, 0.25) is 17.4 Å². The number of aliphatic hydroxyl groups excluding tert-OH is 1. The molecule has 2 atom stereocenters. The number of ether oxygens (including phenoxy) is 1. The van der Waals surface area contributed by atoms with Gasteiger partial charge in [0.15, 0.2) is 0 Å². The van der Waals surface area contributed by atoms with E-state index < -0.39 is 12.2 Å². The van der Waals surface area contributed by atoms with Crippen molar-refractivity contribution in [2.45, 2.75) is 63.7 Å². The number of aromatic hydroxyl groups is 1. The Morgan fingerprint density at radius 1 is 0.924 bits per heavy atom. The number of phenolic OH excluding ortho intramolecular Hbond substituents is 1. The van der Waals surface area contributed by atoms with Gasteiger partial charge in [0, 0.05) is 75.9 Å². The van der Waals surface area contributed by atoms with E-state index in [0.717, 1.165) is 53.0 Å². The summed E-state index contributed by atoms with van der Waals surface area (Å²) in [4.78, 5) is 56.5. The van der Waals surface area contributed by atoms with Crippen LogP contribution in [0.4, 0.5) is 10.5 Å². The number of hydrogen-bond donors (Lipinski definition) is 6. The van der Waals surface area contributed by atoms with Crippen LogP contribution < -0.4 is 26.4 Å². The van der Waals surface area contributed by atoms with Gasteiger partial charge in [-0.1, -0.05) is 104 Å². The van der Waals surface area contributed by atoms with E-state index in [0.29, 0.717) is 68.3 Å². The summed E-state index contributed by atoms with van der Waals surface area (Å²) in [5.41, 5.74) is 6.42. The number of piperidine rings is 1. The second-order valence-electron chi connectivity index (χ2n) is 16.8. The van der Waals surface area contributed by atoms with Crippen molar-refractivity contribution in [1.82, 2.24) is 25.8 Å². The molecule has 13 nitrogen and oxygen atoms in total. The van der Waals surface area contributed by atoms with Gasteiger partial charge in [-0.05, 0) is 90.3 Å². The topological polar surface area (TPSA) is 176 Å². The molecule has 1 aliphatic heterocycles. The molecule has 0 bridgehead atoms. The van der Waals surface area contributed by atoms with E-state index >= 15 is 0 Å². The van der Waals surface area contributed by atoms with Gasteiger partial charge in [-0.25, -0.2) is 4.79 Å². The minimum Gasteiger partial charge on any atom is -0.506 e. The lowest BCUT2D eigenvalue weighted by Crippen LogP contribution is -2.41. The highest BCUT2D eigenvalue weighted by Crippen LogP contribution is 2.29. The number of likely N-dealkylation sites (tertiary alicyclic amines) is 1. The van der Waals surface area contributed by atoms with Gasteiger partial charge in [0.1, 0.15) is 11.9 Å². The number of anilines is 1. The highest BCUT2D eigenvalue weighted by molar-refractivity contribution is 5.93. The Hall–Kier alpha value is -6.80. The molecule has 0 spiro atoms. The maximum absolute atomic E-state index is 13.1. The van der Waals surface area contributed by atoms with Crippen LogP contribution in [-0.4, -0.2) is 96.5 Å². The molecule has 66 heavy (non-hydrogen) atoms. The molecule has 0 radical (unpaired) electrons. The van der Waals surface area contributed by atoms with Crippen molar-refractivity contribution in [3.8, 4) is 5.75 Å². The fourth-order valence-electron chi connectivity index (χ4n) is 7.96. The van der Waals surface area contributed by atoms with Gasteiger partial charge >= 0.3 is 6.09 Å². The van der Waals surface area contributed by atoms with Crippen molar-refractivity contribution in [2.24, 2.45) is 0 Å². The van der Waals surface area contributed by atoms with Crippen LogP contribution in [0.3, 0.4) is 0 Å². The van der Waals surface area contributed by atoms with Crippen LogP contribution in [0.5, 0.6) is 5.75 Å². The Labute approximate surface area is 386 Å². The number of H-pyrrole nitrogens is 1. The zero-order chi connectivity index (χ0) is 46.8. The molecule has 1 aromatic heterocycles. The number of aromatic nitrogens is 1. The summed E-state index contributed by atoms with van der Waals surface area (Å²) in [6, 6.07) is 31.8. The lowest BCUT2D eigenvalue weighted by atomic mass is 10.0. The summed E-state index contributed by atoms with van der Waals surface area (Å²) in [6.07, 6.45) is 9.51. The first-order valence-corrected chi connectivity index (χ1v) is 22.6. The highest BCUT2D eigenvalue weighted by atomic mass is 16.6. The molecule has 0 unspecified atom stereocenters. The van der Waals surface area contributed by atoms with Crippen molar-refractivity contribution in [2.75, 3.05) is 51.2 Å². The number of carbonyl (C=O) groups is 3. The van der Waals surface area contributed by atoms with Gasteiger partial charge in [0.05, 0.1) is 18.0 Å². The molecule has 5 aromatic rings. The van der Waals surface area contributed by atoms with E-state index in [9.17, 15) is 29.4 Å². The fraction of sp³-hybridized carbons (Fsp3) is 0.321. The third-order valence-corrected chi connectivity index (χ3v) is 11.8. The summed E-state index contributed by atoms with van der Waals surface area (Å²) in [6.45, 7) is 9.37. The predicted octanol–water partition coefficient (Wildman–Crippen LogP) is 6.76. The molecular weight excluding hydrogens is 833 g/mol. The van der Waals surface area contributed by atoms with E-state index in [2.05, 4.69) is 51.5 Å². The van der Waals surface area contributed by atoms with E-state index in [1.807, 2.05) is 91.0 Å². The normalized spacial score (nSPS) is 14.3. The summed E-state index contributed by atoms with van der Waals surface area (Å²) in [7, 11) is 1.76. The predicted molar refractivity (Wildman–Crippen MR) is 261 cm³/mol. The SMILES string of the molecule is C=C(/C=C\C=C/CNC(=O)OC1CCN(CCC(=O)N(C)c2ccc(CC(=O)NCCc3cccc(C[C@H](C)NC[C@H](O)c4ccc(O)c5[nH]c(=O)ccc45)c3)cc2)CC1)c1ccccc1. The number of carbonyl (C=O) groups excluding carboxylic acids is 3.